The first kappa shape index (κ1) is 27.4. The number of hydrogen-bond donors (Lipinski definition) is 5. The summed E-state index contributed by atoms with van der Waals surface area (Å²) in [6.07, 6.45) is 3.70. The lowest BCUT2D eigenvalue weighted by atomic mass is 10.1. The predicted molar refractivity (Wildman–Crippen MR) is 149 cm³/mol. The highest BCUT2D eigenvalue weighted by Gasteiger charge is 2.32. The topological polar surface area (TPSA) is 167 Å². The van der Waals surface area contributed by atoms with Crippen molar-refractivity contribution in [1.82, 2.24) is 15.2 Å². The number of amides is 2. The van der Waals surface area contributed by atoms with E-state index in [-0.39, 0.29) is 23.7 Å². The summed E-state index contributed by atoms with van der Waals surface area (Å²) in [6.45, 7) is 1.45. The van der Waals surface area contributed by atoms with Gasteiger partial charge in [-0.05, 0) is 62.9 Å². The summed E-state index contributed by atoms with van der Waals surface area (Å²) >= 11 is 1.33. The second-order valence-corrected chi connectivity index (χ2v) is 10.5. The number of aromatic nitrogens is 1. The summed E-state index contributed by atoms with van der Waals surface area (Å²) in [5.74, 6) is -0.995. The number of nitrogens with one attached hydrogen (secondary N) is 3. The van der Waals surface area contributed by atoms with E-state index in [4.69, 9.17) is 16.9 Å². The maximum absolute atomic E-state index is 12.8. The van der Waals surface area contributed by atoms with Crippen molar-refractivity contribution in [3.63, 3.8) is 0 Å². The molecule has 3 aromatic rings. The number of benzene rings is 2. The van der Waals surface area contributed by atoms with Gasteiger partial charge in [0.25, 0.3) is 0 Å². The van der Waals surface area contributed by atoms with Crippen LogP contribution >= 0.6 is 11.3 Å². The van der Waals surface area contributed by atoms with Crippen LogP contribution in [0.15, 0.2) is 48.5 Å². The van der Waals surface area contributed by atoms with E-state index in [0.29, 0.717) is 48.4 Å². The van der Waals surface area contributed by atoms with Crippen LogP contribution in [0.25, 0.3) is 10.2 Å². The lowest BCUT2D eigenvalue weighted by Crippen LogP contribution is -2.50. The Balaban J connectivity index is 1.23. The molecule has 1 fully saturated rings. The minimum absolute atomic E-state index is 0.0336. The minimum atomic E-state index is -0.793. The number of ketones is 1. The van der Waals surface area contributed by atoms with E-state index >= 15 is 0 Å². The van der Waals surface area contributed by atoms with Crippen molar-refractivity contribution in [3.8, 4) is 0 Å². The van der Waals surface area contributed by atoms with Gasteiger partial charge in [-0.1, -0.05) is 36.4 Å². The number of Topliss-reactive ketones (excluding diaryl/α,β-unsaturated/α-hetero) is 1. The Hall–Kier alpha value is -3.67. The molecule has 10 nitrogen and oxygen atoms in total. The molecule has 0 aliphatic carbocycles. The summed E-state index contributed by atoms with van der Waals surface area (Å²) < 4.78 is 0.851. The number of nitrogens with two attached hydrogens (primary N) is 2. The van der Waals surface area contributed by atoms with E-state index in [9.17, 15) is 14.4 Å². The van der Waals surface area contributed by atoms with Crippen molar-refractivity contribution < 1.29 is 14.4 Å². The molecule has 0 unspecified atom stereocenters. The molecule has 2 atom stereocenters. The van der Waals surface area contributed by atoms with E-state index in [1.54, 1.807) is 6.07 Å². The van der Waals surface area contributed by atoms with Gasteiger partial charge in [-0.15, -0.1) is 11.3 Å². The van der Waals surface area contributed by atoms with E-state index < -0.39 is 11.9 Å². The molecular weight excluding hydrogens is 502 g/mol. The molecule has 0 saturated carbocycles. The lowest BCUT2D eigenvalue weighted by Gasteiger charge is -2.23. The third-order valence-corrected chi connectivity index (χ3v) is 7.64. The van der Waals surface area contributed by atoms with Gasteiger partial charge in [-0.2, -0.15) is 0 Å². The Bertz CT molecular complexity index is 1310. The van der Waals surface area contributed by atoms with Gasteiger partial charge in [-0.25, -0.2) is 4.98 Å². The molecule has 0 spiro atoms. The van der Waals surface area contributed by atoms with E-state index in [2.05, 4.69) is 20.5 Å². The molecule has 2 amide bonds. The Morgan fingerprint density at radius 1 is 1.13 bits per heavy atom. The molecule has 1 aromatic heterocycles. The zero-order chi connectivity index (χ0) is 27.1. The van der Waals surface area contributed by atoms with Gasteiger partial charge in [0, 0.05) is 6.42 Å². The quantitative estimate of drug-likeness (QED) is 0.108. The van der Waals surface area contributed by atoms with Crippen molar-refractivity contribution in [2.45, 2.75) is 50.6 Å². The summed E-state index contributed by atoms with van der Waals surface area (Å²) in [6, 6.07) is 13.8. The first-order valence-corrected chi connectivity index (χ1v) is 13.6. The first-order valence-electron chi connectivity index (χ1n) is 12.7. The molecule has 2 heterocycles. The zero-order valence-electron chi connectivity index (χ0n) is 21.1. The number of guanidine groups is 1. The number of nitrogens with zero attached hydrogens (tertiary/aromatic N) is 2. The molecule has 1 aliphatic rings. The van der Waals surface area contributed by atoms with Gasteiger partial charge in [0.05, 0.1) is 22.5 Å². The molecule has 1 aliphatic heterocycles. The largest absolute Gasteiger partial charge is 0.370 e. The van der Waals surface area contributed by atoms with E-state index in [0.717, 1.165) is 29.6 Å². The molecule has 0 bridgehead atoms. The number of anilines is 1. The SMILES string of the molecule is N=C(N)Nc1cccc2sc(C(=O)CCCCN3CCC[C@H]3C(=O)NC(=O)[C@@H](N)Cc3ccccc3)nc12. The van der Waals surface area contributed by atoms with Crippen molar-refractivity contribution in [1.29, 1.82) is 5.41 Å². The number of unbranched alkanes of at least 4 members (excludes halogenated alkanes) is 1. The van der Waals surface area contributed by atoms with Crippen molar-refractivity contribution >= 4 is 50.8 Å². The highest BCUT2D eigenvalue weighted by Crippen LogP contribution is 2.29. The van der Waals surface area contributed by atoms with Gasteiger partial charge in [0.2, 0.25) is 11.8 Å². The summed E-state index contributed by atoms with van der Waals surface area (Å²) in [5.41, 5.74) is 13.6. The highest BCUT2D eigenvalue weighted by atomic mass is 32.1. The van der Waals surface area contributed by atoms with E-state index in [1.165, 1.54) is 11.3 Å². The average Bonchev–Trinajstić information content (AvgIpc) is 3.55. The molecule has 200 valence electrons. The number of thiazole rings is 1. The Kier molecular flexibility index (Phi) is 9.16. The maximum atomic E-state index is 12.8. The van der Waals surface area contributed by atoms with Gasteiger partial charge < -0.3 is 16.8 Å². The van der Waals surface area contributed by atoms with Gasteiger partial charge in [0.1, 0.15) is 5.52 Å². The lowest BCUT2D eigenvalue weighted by molar-refractivity contribution is -0.133. The number of rotatable bonds is 11. The van der Waals surface area contributed by atoms with Gasteiger partial charge in [-0.3, -0.25) is 30.0 Å². The van der Waals surface area contributed by atoms with E-state index in [1.807, 2.05) is 42.5 Å². The summed E-state index contributed by atoms with van der Waals surface area (Å²) in [7, 11) is 0. The van der Waals surface area contributed by atoms with Crippen molar-refractivity contribution in [2.75, 3.05) is 18.4 Å². The average molecular weight is 536 g/mol. The van der Waals surface area contributed by atoms with Crippen LogP contribution in [0.3, 0.4) is 0 Å². The van der Waals surface area contributed by atoms with Crippen LogP contribution < -0.4 is 22.1 Å². The van der Waals surface area contributed by atoms with Crippen LogP contribution in [0.4, 0.5) is 5.69 Å². The summed E-state index contributed by atoms with van der Waals surface area (Å²) in [5, 5.41) is 13.1. The number of carbonyl (C=O) groups excluding carboxylic acids is 3. The van der Waals surface area contributed by atoms with Gasteiger partial charge in [0.15, 0.2) is 16.8 Å². The molecular formula is C27H33N7O3S. The number of fused-ring (bicyclic) bond motifs is 1. The number of carbonyl (C=O) groups is 3. The third-order valence-electron chi connectivity index (χ3n) is 6.57. The fourth-order valence-electron chi connectivity index (χ4n) is 4.67. The van der Waals surface area contributed by atoms with Crippen LogP contribution in [0.2, 0.25) is 0 Å². The van der Waals surface area contributed by atoms with Crippen LogP contribution in [0, 0.1) is 5.41 Å². The smallest absolute Gasteiger partial charge is 0.243 e. The van der Waals surface area contributed by atoms with Crippen LogP contribution in [0.5, 0.6) is 0 Å². The Morgan fingerprint density at radius 3 is 2.68 bits per heavy atom. The fourth-order valence-corrected chi connectivity index (χ4v) is 5.63. The normalized spacial score (nSPS) is 16.3. The number of hydrogen-bond acceptors (Lipinski definition) is 8. The third kappa shape index (κ3) is 7.00. The molecule has 38 heavy (non-hydrogen) atoms. The monoisotopic (exact) mass is 535 g/mol. The zero-order valence-corrected chi connectivity index (χ0v) is 21.9. The summed E-state index contributed by atoms with van der Waals surface area (Å²) in [4.78, 5) is 44.6. The highest BCUT2D eigenvalue weighted by molar-refractivity contribution is 7.20. The molecule has 1 saturated heterocycles. The Labute approximate surface area is 225 Å². The second kappa shape index (κ2) is 12.7. The standard InChI is InChI=1S/C27H33N7O3S/c28-18(16-17-8-2-1-3-9-17)24(36)33-25(37)20-11-7-15-34(20)14-5-4-12-21(35)26-32-23-19(31-27(29)30)10-6-13-22(23)38-26/h1-3,6,8-10,13,18,20H,4-5,7,11-12,14-16,28H2,(H4,29,30,31)(H,33,36,37)/t18-,20-/m0/s1. The molecule has 0 radical (unpaired) electrons. The van der Waals surface area contributed by atoms with Crippen LogP contribution in [0.1, 0.15) is 47.5 Å². The van der Waals surface area contributed by atoms with Crippen LogP contribution in [-0.2, 0) is 16.0 Å². The molecule has 7 N–H and O–H groups in total. The second-order valence-electron chi connectivity index (χ2n) is 9.43. The molecule has 2 aromatic carbocycles. The van der Waals surface area contributed by atoms with Crippen molar-refractivity contribution in [3.05, 3.63) is 59.1 Å². The fraction of sp³-hybridized carbons (Fsp3) is 0.370. The maximum Gasteiger partial charge on any atom is 0.243 e. The van der Waals surface area contributed by atoms with Gasteiger partial charge >= 0.3 is 0 Å². The number of likely N-dealkylation sites (tertiary alicyclic amines) is 1. The molecule has 4 rings (SSSR count). The minimum Gasteiger partial charge on any atom is -0.370 e. The molecule has 11 heteroatoms. The number of para-hydroxylation sites is 1. The van der Waals surface area contributed by atoms with Crippen molar-refractivity contribution in [2.24, 2.45) is 11.5 Å². The number of imide groups is 1. The predicted octanol–water partition coefficient (Wildman–Crippen LogP) is 2.63. The van der Waals surface area contributed by atoms with Crippen LogP contribution in [-0.4, -0.2) is 58.6 Å². The Morgan fingerprint density at radius 2 is 1.92 bits per heavy atom. The first-order chi connectivity index (χ1) is 18.3.